The molecule has 2 aromatic heterocycles. The van der Waals surface area contributed by atoms with Crippen LogP contribution in [0.15, 0.2) is 113 Å². The number of benzene rings is 3. The predicted octanol–water partition coefficient (Wildman–Crippen LogP) is 6.51. The van der Waals surface area contributed by atoms with E-state index in [1.54, 1.807) is 11.8 Å². The molecule has 4 nitrogen and oxygen atoms in total. The first-order valence-corrected chi connectivity index (χ1v) is 11.5. The highest BCUT2D eigenvalue weighted by Crippen LogP contribution is 2.37. The topological polar surface area (TPSA) is 24.3 Å². The Kier molecular flexibility index (Phi) is 4.62. The van der Waals surface area contributed by atoms with Crippen LogP contribution in [0.5, 0.6) is 0 Å². The lowest BCUT2D eigenvalue weighted by molar-refractivity contribution is 0.495. The molecule has 5 heteroatoms. The summed E-state index contributed by atoms with van der Waals surface area (Å²) < 4.78 is 2.25. The van der Waals surface area contributed by atoms with E-state index in [0.717, 1.165) is 12.5 Å². The van der Waals surface area contributed by atoms with E-state index in [-0.39, 0.29) is 0 Å². The number of rotatable bonds is 4. The first-order valence-electron chi connectivity index (χ1n) is 10.6. The zero-order valence-corrected chi connectivity index (χ0v) is 18.5. The fourth-order valence-electron chi connectivity index (χ4n) is 4.31. The lowest BCUT2D eigenvalue weighted by atomic mass is 10.1. The van der Waals surface area contributed by atoms with Crippen LogP contribution in [0.1, 0.15) is 0 Å². The summed E-state index contributed by atoms with van der Waals surface area (Å²) in [6, 6.07) is 30.1. The second-order valence-corrected chi connectivity index (χ2v) is 9.13. The molecule has 0 saturated carbocycles. The van der Waals surface area contributed by atoms with Crippen LogP contribution in [-0.4, -0.2) is 28.2 Å². The molecule has 0 bridgehead atoms. The third kappa shape index (κ3) is 3.31. The van der Waals surface area contributed by atoms with Crippen LogP contribution in [0.4, 0.5) is 5.69 Å². The van der Waals surface area contributed by atoms with Gasteiger partial charge in [-0.25, -0.2) is 4.98 Å². The van der Waals surface area contributed by atoms with Crippen LogP contribution < -0.4 is 4.90 Å². The third-order valence-electron chi connectivity index (χ3n) is 5.78. The van der Waals surface area contributed by atoms with Gasteiger partial charge in [0.15, 0.2) is 0 Å². The second kappa shape index (κ2) is 7.77. The fraction of sp³-hybridized carbons (Fsp3) is 0.0741. The number of pyridine rings is 1. The van der Waals surface area contributed by atoms with E-state index in [9.17, 15) is 0 Å². The Labute approximate surface area is 191 Å². The lowest BCUT2D eigenvalue weighted by Gasteiger charge is -2.18. The van der Waals surface area contributed by atoms with Crippen LogP contribution in [0.2, 0.25) is 0 Å². The van der Waals surface area contributed by atoms with Gasteiger partial charge in [0.1, 0.15) is 5.82 Å². The Morgan fingerprint density at radius 2 is 1.59 bits per heavy atom. The van der Waals surface area contributed by atoms with Gasteiger partial charge in [-0.05, 0) is 54.6 Å². The maximum atomic E-state index is 4.61. The maximum absolute atomic E-state index is 4.61. The van der Waals surface area contributed by atoms with Gasteiger partial charge in [0.05, 0.1) is 17.7 Å². The molecule has 0 fully saturated rings. The standard InChI is InChI=1S/C27H22N4S/c1-29-15-16-30(19-29)20-7-6-8-21(17-20)32-22-12-13-26-24(18-22)23-9-2-3-10-25(23)31(26)27-11-4-5-14-28-27/h2-18H,19H2,1H3. The molecule has 0 spiro atoms. The molecule has 0 aliphatic carbocycles. The summed E-state index contributed by atoms with van der Waals surface area (Å²) in [5.74, 6) is 0.940. The van der Waals surface area contributed by atoms with Crippen LogP contribution in [0.3, 0.4) is 0 Å². The molecule has 3 aromatic carbocycles. The van der Waals surface area contributed by atoms with E-state index in [4.69, 9.17) is 0 Å². The predicted molar refractivity (Wildman–Crippen MR) is 133 cm³/mol. The Bertz CT molecular complexity index is 1460. The summed E-state index contributed by atoms with van der Waals surface area (Å²) in [5.41, 5.74) is 3.56. The van der Waals surface area contributed by atoms with E-state index < -0.39 is 0 Å². The van der Waals surface area contributed by atoms with E-state index in [1.165, 1.54) is 37.3 Å². The minimum atomic E-state index is 0.882. The van der Waals surface area contributed by atoms with Crippen LogP contribution >= 0.6 is 11.8 Å². The zero-order valence-electron chi connectivity index (χ0n) is 17.7. The van der Waals surface area contributed by atoms with Crippen molar-refractivity contribution in [3.8, 4) is 5.82 Å². The van der Waals surface area contributed by atoms with E-state index >= 15 is 0 Å². The second-order valence-electron chi connectivity index (χ2n) is 7.99. The summed E-state index contributed by atoms with van der Waals surface area (Å²) in [5, 5.41) is 2.49. The number of anilines is 1. The third-order valence-corrected chi connectivity index (χ3v) is 6.76. The van der Waals surface area contributed by atoms with Gasteiger partial charge in [-0.1, -0.05) is 42.1 Å². The first kappa shape index (κ1) is 19.0. The van der Waals surface area contributed by atoms with Crippen LogP contribution in [-0.2, 0) is 0 Å². The quantitative estimate of drug-likeness (QED) is 0.322. The number of para-hydroxylation sites is 1. The molecule has 1 aliphatic heterocycles. The molecule has 0 atom stereocenters. The van der Waals surface area contributed by atoms with Crippen molar-refractivity contribution in [3.63, 3.8) is 0 Å². The Morgan fingerprint density at radius 1 is 0.750 bits per heavy atom. The Morgan fingerprint density at radius 3 is 2.44 bits per heavy atom. The molecule has 156 valence electrons. The van der Waals surface area contributed by atoms with Crippen molar-refractivity contribution in [1.29, 1.82) is 0 Å². The molecule has 0 N–H and O–H groups in total. The monoisotopic (exact) mass is 434 g/mol. The number of aromatic nitrogens is 2. The van der Waals surface area contributed by atoms with E-state index in [2.05, 4.69) is 112 Å². The molecule has 0 amide bonds. The Balaban J connectivity index is 1.41. The van der Waals surface area contributed by atoms with E-state index in [0.29, 0.717) is 0 Å². The van der Waals surface area contributed by atoms with Crippen molar-refractivity contribution in [2.75, 3.05) is 18.6 Å². The number of hydrogen-bond donors (Lipinski definition) is 0. The van der Waals surface area contributed by atoms with Crippen molar-refractivity contribution >= 4 is 39.3 Å². The van der Waals surface area contributed by atoms with Gasteiger partial charge in [-0.2, -0.15) is 0 Å². The van der Waals surface area contributed by atoms with Gasteiger partial charge in [0, 0.05) is 51.9 Å². The van der Waals surface area contributed by atoms with Gasteiger partial charge >= 0.3 is 0 Å². The highest BCUT2D eigenvalue weighted by atomic mass is 32.2. The minimum absolute atomic E-state index is 0.882. The highest BCUT2D eigenvalue weighted by Gasteiger charge is 2.14. The number of fused-ring (bicyclic) bond motifs is 3. The van der Waals surface area contributed by atoms with Gasteiger partial charge in [0.2, 0.25) is 0 Å². The number of nitrogens with zero attached hydrogens (tertiary/aromatic N) is 4. The molecule has 0 radical (unpaired) electrons. The lowest BCUT2D eigenvalue weighted by Crippen LogP contribution is -2.21. The Hall–Kier alpha value is -3.70. The molecular weight excluding hydrogens is 412 g/mol. The molecule has 0 unspecified atom stereocenters. The smallest absolute Gasteiger partial charge is 0.137 e. The number of hydrogen-bond acceptors (Lipinski definition) is 4. The normalized spacial score (nSPS) is 13.5. The van der Waals surface area contributed by atoms with Crippen molar-refractivity contribution < 1.29 is 0 Å². The molecule has 6 rings (SSSR count). The summed E-state index contributed by atoms with van der Waals surface area (Å²) in [4.78, 5) is 11.5. The van der Waals surface area contributed by atoms with Crippen molar-refractivity contribution in [2.45, 2.75) is 9.79 Å². The maximum Gasteiger partial charge on any atom is 0.137 e. The average Bonchev–Trinajstić information content (AvgIpc) is 3.41. The molecule has 32 heavy (non-hydrogen) atoms. The fourth-order valence-corrected chi connectivity index (χ4v) is 5.22. The SMILES string of the molecule is CN1C=CN(c2cccc(Sc3ccc4c(c3)c3ccccc3n4-c3ccccn3)c2)C1. The van der Waals surface area contributed by atoms with Crippen LogP contribution in [0.25, 0.3) is 27.6 Å². The summed E-state index contributed by atoms with van der Waals surface area (Å²) in [6.07, 6.45) is 6.08. The average molecular weight is 435 g/mol. The molecule has 0 saturated heterocycles. The van der Waals surface area contributed by atoms with Crippen molar-refractivity contribution in [2.24, 2.45) is 0 Å². The van der Waals surface area contributed by atoms with Gasteiger partial charge < -0.3 is 9.80 Å². The van der Waals surface area contributed by atoms with Gasteiger partial charge in [-0.3, -0.25) is 4.57 Å². The molecule has 1 aliphatic rings. The van der Waals surface area contributed by atoms with Gasteiger partial charge in [-0.15, -0.1) is 0 Å². The summed E-state index contributed by atoms with van der Waals surface area (Å²) >= 11 is 1.80. The van der Waals surface area contributed by atoms with Crippen molar-refractivity contribution in [3.05, 3.63) is 104 Å². The molecular formula is C27H22N4S. The van der Waals surface area contributed by atoms with E-state index in [1.807, 2.05) is 18.3 Å². The summed E-state index contributed by atoms with van der Waals surface area (Å²) in [6.45, 7) is 0.882. The first-order chi connectivity index (χ1) is 15.8. The minimum Gasteiger partial charge on any atom is -0.361 e. The van der Waals surface area contributed by atoms with Crippen LogP contribution in [0, 0.1) is 0 Å². The zero-order chi connectivity index (χ0) is 21.5. The highest BCUT2D eigenvalue weighted by molar-refractivity contribution is 7.99. The molecule has 5 aromatic rings. The van der Waals surface area contributed by atoms with Crippen molar-refractivity contribution in [1.82, 2.24) is 14.5 Å². The molecule has 3 heterocycles. The summed E-state index contributed by atoms with van der Waals surface area (Å²) in [7, 11) is 2.09. The largest absolute Gasteiger partial charge is 0.361 e. The van der Waals surface area contributed by atoms with Gasteiger partial charge in [0.25, 0.3) is 0 Å².